The molecule has 0 spiro atoms. The van der Waals surface area contributed by atoms with E-state index in [1.54, 1.807) is 12.3 Å². The number of hydrogen-bond donors (Lipinski definition) is 1. The first kappa shape index (κ1) is 13.0. The Morgan fingerprint density at radius 1 is 1.05 bits per heavy atom. The minimum Gasteiger partial charge on any atom is -0.354 e. The summed E-state index contributed by atoms with van der Waals surface area (Å²) in [7, 11) is 0. The maximum Gasteiger partial charge on any atom is 0.133 e. The van der Waals surface area contributed by atoms with Crippen molar-refractivity contribution in [3.05, 3.63) is 48.2 Å². The number of aromatic nitrogens is 1. The zero-order valence-corrected chi connectivity index (χ0v) is 10.9. The highest BCUT2D eigenvalue weighted by Gasteiger charge is 2.13. The zero-order chi connectivity index (χ0) is 13.9. The number of pyridine rings is 1. The lowest BCUT2D eigenvalue weighted by molar-refractivity contribution is 0.584. The van der Waals surface area contributed by atoms with E-state index >= 15 is 0 Å². The highest BCUT2D eigenvalue weighted by molar-refractivity contribution is 5.67. The summed E-state index contributed by atoms with van der Waals surface area (Å²) in [5.74, 6) is -0.294. The summed E-state index contributed by atoms with van der Waals surface area (Å²) in [6.45, 7) is 3.58. The normalized spacial score (nSPS) is 15.4. The summed E-state index contributed by atoms with van der Waals surface area (Å²) >= 11 is 0. The van der Waals surface area contributed by atoms with Gasteiger partial charge in [-0.3, -0.25) is 0 Å². The van der Waals surface area contributed by atoms with Gasteiger partial charge < -0.3 is 10.2 Å². The minimum absolute atomic E-state index is 0.394. The molecule has 0 saturated carbocycles. The van der Waals surface area contributed by atoms with Gasteiger partial charge in [-0.25, -0.2) is 13.8 Å². The van der Waals surface area contributed by atoms with E-state index in [0.29, 0.717) is 11.1 Å². The smallest absolute Gasteiger partial charge is 0.133 e. The van der Waals surface area contributed by atoms with Crippen molar-refractivity contribution in [3.8, 4) is 11.1 Å². The summed E-state index contributed by atoms with van der Waals surface area (Å²) in [6.07, 6.45) is 1.66. The lowest BCUT2D eigenvalue weighted by Gasteiger charge is -2.28. The first-order chi connectivity index (χ1) is 9.74. The van der Waals surface area contributed by atoms with Crippen molar-refractivity contribution >= 4 is 5.82 Å². The molecule has 0 atom stereocenters. The molecule has 0 bridgehead atoms. The predicted octanol–water partition coefficient (Wildman–Crippen LogP) is 2.44. The van der Waals surface area contributed by atoms with E-state index in [2.05, 4.69) is 15.2 Å². The van der Waals surface area contributed by atoms with E-state index in [4.69, 9.17) is 0 Å². The fourth-order valence-electron chi connectivity index (χ4n) is 2.38. The highest BCUT2D eigenvalue weighted by atomic mass is 19.1. The van der Waals surface area contributed by atoms with E-state index in [-0.39, 0.29) is 0 Å². The molecule has 2 heterocycles. The van der Waals surface area contributed by atoms with Crippen LogP contribution in [0.4, 0.5) is 14.6 Å². The van der Waals surface area contributed by atoms with E-state index in [1.165, 1.54) is 12.1 Å². The standard InChI is InChI=1S/C15H15F2N3/c16-12-1-2-13(14(17)10-12)11-3-4-19-15(9-11)20-7-5-18-6-8-20/h1-4,9-10,18H,5-8H2. The summed E-state index contributed by atoms with van der Waals surface area (Å²) in [5.41, 5.74) is 1.11. The van der Waals surface area contributed by atoms with Crippen molar-refractivity contribution in [1.82, 2.24) is 10.3 Å². The number of hydrogen-bond acceptors (Lipinski definition) is 3. The monoisotopic (exact) mass is 275 g/mol. The van der Waals surface area contributed by atoms with Crippen molar-refractivity contribution in [3.63, 3.8) is 0 Å². The molecule has 1 aromatic carbocycles. The van der Waals surface area contributed by atoms with Crippen molar-refractivity contribution < 1.29 is 8.78 Å². The van der Waals surface area contributed by atoms with Gasteiger partial charge >= 0.3 is 0 Å². The molecule has 5 heteroatoms. The van der Waals surface area contributed by atoms with Gasteiger partial charge in [0.05, 0.1) is 0 Å². The van der Waals surface area contributed by atoms with Crippen LogP contribution in [0.3, 0.4) is 0 Å². The molecule has 1 aromatic heterocycles. The molecular weight excluding hydrogens is 260 g/mol. The van der Waals surface area contributed by atoms with Gasteiger partial charge in [-0.2, -0.15) is 0 Å². The third-order valence-corrected chi connectivity index (χ3v) is 3.43. The van der Waals surface area contributed by atoms with Crippen LogP contribution in [0.1, 0.15) is 0 Å². The van der Waals surface area contributed by atoms with Crippen LogP contribution in [-0.4, -0.2) is 31.2 Å². The number of nitrogens with one attached hydrogen (secondary N) is 1. The Kier molecular flexibility index (Phi) is 3.60. The maximum atomic E-state index is 13.8. The van der Waals surface area contributed by atoms with Gasteiger partial charge in [0.25, 0.3) is 0 Å². The van der Waals surface area contributed by atoms with Crippen molar-refractivity contribution in [2.45, 2.75) is 0 Å². The molecule has 0 aliphatic carbocycles. The van der Waals surface area contributed by atoms with Crippen LogP contribution in [0.15, 0.2) is 36.5 Å². The quantitative estimate of drug-likeness (QED) is 0.912. The van der Waals surface area contributed by atoms with Gasteiger partial charge in [0, 0.05) is 44.0 Å². The average molecular weight is 275 g/mol. The molecule has 0 radical (unpaired) electrons. The molecule has 1 fully saturated rings. The highest BCUT2D eigenvalue weighted by Crippen LogP contribution is 2.26. The summed E-state index contributed by atoms with van der Waals surface area (Å²) in [5, 5.41) is 3.28. The van der Waals surface area contributed by atoms with Gasteiger partial charge in [0.1, 0.15) is 17.5 Å². The van der Waals surface area contributed by atoms with E-state index in [0.717, 1.165) is 38.1 Å². The molecular formula is C15H15F2N3. The molecule has 3 rings (SSSR count). The maximum absolute atomic E-state index is 13.8. The summed E-state index contributed by atoms with van der Waals surface area (Å²) < 4.78 is 26.8. The van der Waals surface area contributed by atoms with Crippen LogP contribution >= 0.6 is 0 Å². The summed E-state index contributed by atoms with van der Waals surface area (Å²) in [6, 6.07) is 7.22. The number of nitrogens with zero attached hydrogens (tertiary/aromatic N) is 2. The van der Waals surface area contributed by atoms with Crippen molar-refractivity contribution in [2.24, 2.45) is 0 Å². The number of benzene rings is 1. The lowest BCUT2D eigenvalue weighted by Crippen LogP contribution is -2.43. The molecule has 0 amide bonds. The summed E-state index contributed by atoms with van der Waals surface area (Å²) in [4.78, 5) is 6.49. The topological polar surface area (TPSA) is 28.2 Å². The number of halogens is 2. The van der Waals surface area contributed by atoms with Crippen LogP contribution in [0.25, 0.3) is 11.1 Å². The molecule has 1 aliphatic heterocycles. The fraction of sp³-hybridized carbons (Fsp3) is 0.267. The number of piperazine rings is 1. The Morgan fingerprint density at radius 3 is 2.60 bits per heavy atom. The predicted molar refractivity (Wildman–Crippen MR) is 74.7 cm³/mol. The molecule has 1 saturated heterocycles. The second-order valence-electron chi connectivity index (χ2n) is 4.76. The van der Waals surface area contributed by atoms with E-state index < -0.39 is 11.6 Å². The van der Waals surface area contributed by atoms with Crippen LogP contribution in [0.5, 0.6) is 0 Å². The van der Waals surface area contributed by atoms with Gasteiger partial charge in [-0.1, -0.05) is 0 Å². The van der Waals surface area contributed by atoms with Crippen molar-refractivity contribution in [1.29, 1.82) is 0 Å². The molecule has 104 valence electrons. The van der Waals surface area contributed by atoms with E-state index in [1.807, 2.05) is 6.07 Å². The van der Waals surface area contributed by atoms with Gasteiger partial charge in [0.2, 0.25) is 0 Å². The minimum atomic E-state index is -0.567. The molecule has 0 unspecified atom stereocenters. The molecule has 1 N–H and O–H groups in total. The fourth-order valence-corrected chi connectivity index (χ4v) is 2.38. The Morgan fingerprint density at radius 2 is 1.85 bits per heavy atom. The third kappa shape index (κ3) is 2.63. The van der Waals surface area contributed by atoms with Crippen LogP contribution < -0.4 is 10.2 Å². The molecule has 2 aromatic rings. The second-order valence-corrected chi connectivity index (χ2v) is 4.76. The Balaban J connectivity index is 1.94. The Labute approximate surface area is 116 Å². The van der Waals surface area contributed by atoms with E-state index in [9.17, 15) is 8.78 Å². The van der Waals surface area contributed by atoms with Gasteiger partial charge in [-0.05, 0) is 29.8 Å². The number of rotatable bonds is 2. The second kappa shape index (κ2) is 5.54. The van der Waals surface area contributed by atoms with Gasteiger partial charge in [0.15, 0.2) is 0 Å². The third-order valence-electron chi connectivity index (χ3n) is 3.43. The zero-order valence-electron chi connectivity index (χ0n) is 10.9. The largest absolute Gasteiger partial charge is 0.354 e. The lowest BCUT2D eigenvalue weighted by atomic mass is 10.1. The molecule has 20 heavy (non-hydrogen) atoms. The van der Waals surface area contributed by atoms with Crippen LogP contribution in [0, 0.1) is 11.6 Å². The number of anilines is 1. The van der Waals surface area contributed by atoms with Crippen molar-refractivity contribution in [2.75, 3.05) is 31.1 Å². The SMILES string of the molecule is Fc1ccc(-c2ccnc(N3CCNCC3)c2)c(F)c1. The Hall–Kier alpha value is -2.01. The molecule has 3 nitrogen and oxygen atoms in total. The van der Waals surface area contributed by atoms with Crippen LogP contribution in [0.2, 0.25) is 0 Å². The molecule has 1 aliphatic rings. The first-order valence-corrected chi connectivity index (χ1v) is 6.61. The van der Waals surface area contributed by atoms with Gasteiger partial charge in [-0.15, -0.1) is 0 Å². The average Bonchev–Trinajstić information content (AvgIpc) is 2.48. The Bertz CT molecular complexity index is 610. The first-order valence-electron chi connectivity index (χ1n) is 6.61. The van der Waals surface area contributed by atoms with Crippen LogP contribution in [-0.2, 0) is 0 Å².